The SMILES string of the molecule is C[C@H](c1ccc(Br)cc1)N1CCN(S(=O)(=O)Cc2ccccc2)CC1. The third kappa shape index (κ3) is 4.70. The highest BCUT2D eigenvalue weighted by Crippen LogP contribution is 2.24. The van der Waals surface area contributed by atoms with E-state index in [1.807, 2.05) is 42.5 Å². The quantitative estimate of drug-likeness (QED) is 0.737. The molecule has 1 heterocycles. The van der Waals surface area contributed by atoms with Crippen molar-refractivity contribution in [2.75, 3.05) is 26.2 Å². The number of hydrogen-bond acceptors (Lipinski definition) is 3. The van der Waals surface area contributed by atoms with Gasteiger partial charge in [0.05, 0.1) is 5.75 Å². The zero-order valence-electron chi connectivity index (χ0n) is 14.3. The van der Waals surface area contributed by atoms with Gasteiger partial charge in [-0.1, -0.05) is 58.4 Å². The summed E-state index contributed by atoms with van der Waals surface area (Å²) in [5.41, 5.74) is 2.09. The van der Waals surface area contributed by atoms with E-state index in [0.717, 1.165) is 23.1 Å². The Morgan fingerprint density at radius 3 is 2.16 bits per heavy atom. The van der Waals surface area contributed by atoms with Crippen molar-refractivity contribution in [1.82, 2.24) is 9.21 Å². The summed E-state index contributed by atoms with van der Waals surface area (Å²) in [7, 11) is -3.26. The molecule has 1 atom stereocenters. The summed E-state index contributed by atoms with van der Waals surface area (Å²) in [5, 5.41) is 0. The van der Waals surface area contributed by atoms with Crippen LogP contribution >= 0.6 is 15.9 Å². The Morgan fingerprint density at radius 1 is 0.960 bits per heavy atom. The van der Waals surface area contributed by atoms with Gasteiger partial charge < -0.3 is 0 Å². The van der Waals surface area contributed by atoms with Crippen LogP contribution in [0, 0.1) is 0 Å². The molecule has 1 aliphatic heterocycles. The molecule has 2 aromatic carbocycles. The lowest BCUT2D eigenvalue weighted by molar-refractivity contribution is 0.146. The Kier molecular flexibility index (Phi) is 5.94. The van der Waals surface area contributed by atoms with E-state index in [9.17, 15) is 8.42 Å². The smallest absolute Gasteiger partial charge is 0.218 e. The molecular weight excluding hydrogens is 400 g/mol. The lowest BCUT2D eigenvalue weighted by Gasteiger charge is -2.37. The van der Waals surface area contributed by atoms with E-state index in [4.69, 9.17) is 0 Å². The lowest BCUT2D eigenvalue weighted by atomic mass is 10.1. The summed E-state index contributed by atoms with van der Waals surface area (Å²) in [6.45, 7) is 4.79. The predicted molar refractivity (Wildman–Crippen MR) is 105 cm³/mol. The summed E-state index contributed by atoms with van der Waals surface area (Å²) < 4.78 is 28.0. The van der Waals surface area contributed by atoms with Gasteiger partial charge >= 0.3 is 0 Å². The van der Waals surface area contributed by atoms with Crippen LogP contribution in [0.4, 0.5) is 0 Å². The fourth-order valence-electron chi connectivity index (χ4n) is 3.20. The maximum absolute atomic E-state index is 12.6. The Morgan fingerprint density at radius 2 is 1.56 bits per heavy atom. The highest BCUT2D eigenvalue weighted by Gasteiger charge is 2.29. The van der Waals surface area contributed by atoms with Crippen molar-refractivity contribution in [1.29, 1.82) is 0 Å². The van der Waals surface area contributed by atoms with E-state index in [-0.39, 0.29) is 11.8 Å². The molecule has 0 aliphatic carbocycles. The molecule has 2 aromatic rings. The molecule has 0 unspecified atom stereocenters. The monoisotopic (exact) mass is 422 g/mol. The van der Waals surface area contributed by atoms with Crippen molar-refractivity contribution in [2.45, 2.75) is 18.7 Å². The Hall–Kier alpha value is -1.21. The first-order valence-electron chi connectivity index (χ1n) is 8.47. The fraction of sp³-hybridized carbons (Fsp3) is 0.368. The second kappa shape index (κ2) is 7.99. The molecule has 0 spiro atoms. The molecule has 1 fully saturated rings. The van der Waals surface area contributed by atoms with Gasteiger partial charge in [-0.15, -0.1) is 0 Å². The van der Waals surface area contributed by atoms with Gasteiger partial charge in [0.15, 0.2) is 0 Å². The summed E-state index contributed by atoms with van der Waals surface area (Å²) in [6, 6.07) is 18.0. The zero-order chi connectivity index (χ0) is 17.9. The van der Waals surface area contributed by atoms with E-state index in [1.54, 1.807) is 4.31 Å². The fourth-order valence-corrected chi connectivity index (χ4v) is 4.98. The average Bonchev–Trinajstić information content (AvgIpc) is 2.62. The van der Waals surface area contributed by atoms with Crippen molar-refractivity contribution < 1.29 is 8.42 Å². The molecule has 0 aromatic heterocycles. The molecule has 0 amide bonds. The van der Waals surface area contributed by atoms with Gasteiger partial charge in [0.2, 0.25) is 10.0 Å². The van der Waals surface area contributed by atoms with Gasteiger partial charge in [0.1, 0.15) is 0 Å². The number of hydrogen-bond donors (Lipinski definition) is 0. The molecule has 0 saturated carbocycles. The Balaban J connectivity index is 1.60. The molecule has 0 radical (unpaired) electrons. The number of rotatable bonds is 5. The average molecular weight is 423 g/mol. The summed E-state index contributed by atoms with van der Waals surface area (Å²) >= 11 is 3.46. The van der Waals surface area contributed by atoms with Crippen molar-refractivity contribution in [3.63, 3.8) is 0 Å². The molecule has 25 heavy (non-hydrogen) atoms. The highest BCUT2D eigenvalue weighted by atomic mass is 79.9. The van der Waals surface area contributed by atoms with Crippen molar-refractivity contribution in [3.05, 3.63) is 70.2 Å². The van der Waals surface area contributed by atoms with Gasteiger partial charge in [-0.2, -0.15) is 4.31 Å². The predicted octanol–water partition coefficient (Wildman–Crippen LogP) is 3.66. The van der Waals surface area contributed by atoms with Crippen molar-refractivity contribution in [2.24, 2.45) is 0 Å². The van der Waals surface area contributed by atoms with Crippen LogP contribution in [0.15, 0.2) is 59.1 Å². The molecular formula is C19H23BrN2O2S. The molecule has 1 saturated heterocycles. The number of piperazine rings is 1. The minimum Gasteiger partial charge on any atom is -0.294 e. The van der Waals surface area contributed by atoms with Crippen LogP contribution in [0.5, 0.6) is 0 Å². The van der Waals surface area contributed by atoms with Crippen molar-refractivity contribution >= 4 is 26.0 Å². The minimum absolute atomic E-state index is 0.0795. The molecule has 1 aliphatic rings. The number of nitrogens with zero attached hydrogens (tertiary/aromatic N) is 2. The van der Waals surface area contributed by atoms with Crippen LogP contribution in [0.1, 0.15) is 24.1 Å². The second-order valence-corrected chi connectivity index (χ2v) is 9.29. The van der Waals surface area contributed by atoms with E-state index in [2.05, 4.69) is 39.9 Å². The molecule has 4 nitrogen and oxygen atoms in total. The largest absolute Gasteiger partial charge is 0.294 e. The van der Waals surface area contributed by atoms with Crippen LogP contribution in [0.25, 0.3) is 0 Å². The van der Waals surface area contributed by atoms with E-state index in [0.29, 0.717) is 13.1 Å². The first-order chi connectivity index (χ1) is 12.0. The minimum atomic E-state index is -3.26. The van der Waals surface area contributed by atoms with E-state index < -0.39 is 10.0 Å². The molecule has 134 valence electrons. The molecule has 6 heteroatoms. The molecule has 0 bridgehead atoms. The van der Waals surface area contributed by atoms with Gasteiger partial charge in [0, 0.05) is 36.7 Å². The van der Waals surface area contributed by atoms with Crippen LogP contribution in [0.3, 0.4) is 0 Å². The van der Waals surface area contributed by atoms with Crippen LogP contribution in [-0.2, 0) is 15.8 Å². The first-order valence-corrected chi connectivity index (χ1v) is 10.9. The summed E-state index contributed by atoms with van der Waals surface area (Å²) in [5.74, 6) is 0.0795. The number of sulfonamides is 1. The van der Waals surface area contributed by atoms with Gasteiger partial charge in [-0.3, -0.25) is 4.90 Å². The third-order valence-electron chi connectivity index (χ3n) is 4.76. The second-order valence-electron chi connectivity index (χ2n) is 6.40. The van der Waals surface area contributed by atoms with E-state index >= 15 is 0 Å². The van der Waals surface area contributed by atoms with E-state index in [1.165, 1.54) is 5.56 Å². The topological polar surface area (TPSA) is 40.6 Å². The number of benzene rings is 2. The van der Waals surface area contributed by atoms with Crippen LogP contribution in [0.2, 0.25) is 0 Å². The van der Waals surface area contributed by atoms with Gasteiger partial charge in [0.25, 0.3) is 0 Å². The first kappa shape index (κ1) is 18.6. The van der Waals surface area contributed by atoms with Gasteiger partial charge in [-0.25, -0.2) is 8.42 Å². The highest BCUT2D eigenvalue weighted by molar-refractivity contribution is 9.10. The normalized spacial score (nSPS) is 18.2. The Labute approximate surface area is 158 Å². The number of halogens is 1. The van der Waals surface area contributed by atoms with Crippen LogP contribution < -0.4 is 0 Å². The Bertz CT molecular complexity index is 786. The molecule has 3 rings (SSSR count). The van der Waals surface area contributed by atoms with Gasteiger partial charge in [-0.05, 0) is 30.2 Å². The van der Waals surface area contributed by atoms with Crippen molar-refractivity contribution in [3.8, 4) is 0 Å². The summed E-state index contributed by atoms with van der Waals surface area (Å²) in [4.78, 5) is 2.35. The summed E-state index contributed by atoms with van der Waals surface area (Å²) in [6.07, 6.45) is 0. The standard InChI is InChI=1S/C19H23BrN2O2S/c1-16(18-7-9-19(20)10-8-18)21-11-13-22(14-12-21)25(23,24)15-17-5-3-2-4-6-17/h2-10,16H,11-15H2,1H3/t16-/m1/s1. The van der Waals surface area contributed by atoms with Crippen LogP contribution in [-0.4, -0.2) is 43.8 Å². The maximum atomic E-state index is 12.6. The molecule has 0 N–H and O–H groups in total. The maximum Gasteiger partial charge on any atom is 0.218 e. The zero-order valence-corrected chi connectivity index (χ0v) is 16.7. The lowest BCUT2D eigenvalue weighted by Crippen LogP contribution is -2.49. The third-order valence-corrected chi connectivity index (χ3v) is 7.14.